The van der Waals surface area contributed by atoms with E-state index in [9.17, 15) is 9.59 Å². The number of thioether (sulfide) groups is 1. The van der Waals surface area contributed by atoms with Crippen LogP contribution in [0.15, 0.2) is 63.0 Å². The lowest BCUT2D eigenvalue weighted by Gasteiger charge is -2.20. The molecule has 0 spiro atoms. The molecule has 1 aromatic heterocycles. The van der Waals surface area contributed by atoms with Crippen LogP contribution in [0.25, 0.3) is 10.9 Å². The van der Waals surface area contributed by atoms with Crippen molar-refractivity contribution in [2.45, 2.75) is 37.4 Å². The van der Waals surface area contributed by atoms with Crippen LogP contribution in [0.4, 0.5) is 0 Å². The number of hydrogen-bond acceptors (Lipinski definition) is 4. The highest BCUT2D eigenvalue weighted by molar-refractivity contribution is 9.10. The van der Waals surface area contributed by atoms with Gasteiger partial charge in [-0.25, -0.2) is 4.98 Å². The average molecular weight is 460 g/mol. The van der Waals surface area contributed by atoms with Crippen molar-refractivity contribution in [3.8, 4) is 0 Å². The second-order valence-corrected chi connectivity index (χ2v) is 8.57. The van der Waals surface area contributed by atoms with E-state index < -0.39 is 0 Å². The normalized spacial score (nSPS) is 12.2. The number of hydrogen-bond donors (Lipinski definition) is 1. The number of carbonyl (C=O) groups excluding carboxylic acids is 1. The summed E-state index contributed by atoms with van der Waals surface area (Å²) in [7, 11) is 0. The number of unbranched alkanes of at least 4 members (excludes halogenated alkanes) is 1. The Hall–Kier alpha value is -2.12. The Balaban J connectivity index is 1.98. The van der Waals surface area contributed by atoms with Gasteiger partial charge in [-0.1, -0.05) is 58.0 Å². The van der Waals surface area contributed by atoms with Gasteiger partial charge < -0.3 is 5.73 Å². The topological polar surface area (TPSA) is 78.0 Å². The van der Waals surface area contributed by atoms with Crippen LogP contribution < -0.4 is 11.3 Å². The molecule has 1 atom stereocenters. The molecular weight excluding hydrogens is 438 g/mol. The summed E-state index contributed by atoms with van der Waals surface area (Å²) in [5, 5.41) is 1.28. The zero-order chi connectivity index (χ0) is 20.1. The third kappa shape index (κ3) is 4.83. The minimum atomic E-state index is -0.283. The lowest BCUT2D eigenvalue weighted by molar-refractivity contribution is -0.118. The van der Waals surface area contributed by atoms with Gasteiger partial charge in [-0.15, -0.1) is 0 Å². The van der Waals surface area contributed by atoms with Crippen LogP contribution in [0.3, 0.4) is 0 Å². The van der Waals surface area contributed by atoms with E-state index in [-0.39, 0.29) is 17.5 Å². The van der Waals surface area contributed by atoms with Crippen molar-refractivity contribution in [3.05, 3.63) is 68.9 Å². The highest BCUT2D eigenvalue weighted by Crippen LogP contribution is 2.26. The van der Waals surface area contributed by atoms with Crippen LogP contribution >= 0.6 is 27.7 Å². The first-order valence-electron chi connectivity index (χ1n) is 9.15. The molecule has 1 heterocycles. The van der Waals surface area contributed by atoms with E-state index in [2.05, 4.69) is 15.9 Å². The predicted octanol–water partition coefficient (Wildman–Crippen LogP) is 4.52. The summed E-state index contributed by atoms with van der Waals surface area (Å²) in [5.41, 5.74) is 6.88. The van der Waals surface area contributed by atoms with Crippen LogP contribution in [-0.2, 0) is 4.79 Å². The molecule has 0 saturated carbocycles. The van der Waals surface area contributed by atoms with E-state index in [1.165, 1.54) is 0 Å². The van der Waals surface area contributed by atoms with Gasteiger partial charge in [0.1, 0.15) is 0 Å². The maximum absolute atomic E-state index is 13.3. The van der Waals surface area contributed by atoms with Crippen LogP contribution in [0.2, 0.25) is 0 Å². The number of halogens is 1. The number of benzene rings is 2. The first-order valence-corrected chi connectivity index (χ1v) is 10.9. The molecule has 0 radical (unpaired) electrons. The molecule has 0 aliphatic heterocycles. The average Bonchev–Trinajstić information content (AvgIpc) is 2.68. The fourth-order valence-corrected chi connectivity index (χ4v) is 4.47. The molecule has 0 fully saturated rings. The fraction of sp³-hybridized carbons (Fsp3) is 0.286. The molecule has 146 valence electrons. The van der Waals surface area contributed by atoms with Crippen LogP contribution in [-0.4, -0.2) is 21.2 Å². The first-order chi connectivity index (χ1) is 13.5. The van der Waals surface area contributed by atoms with Gasteiger partial charge in [0.05, 0.1) is 16.9 Å². The molecule has 3 rings (SSSR count). The van der Waals surface area contributed by atoms with E-state index in [0.29, 0.717) is 22.5 Å². The van der Waals surface area contributed by atoms with E-state index >= 15 is 0 Å². The van der Waals surface area contributed by atoms with Crippen molar-refractivity contribution in [1.29, 1.82) is 0 Å². The molecule has 0 saturated heterocycles. The van der Waals surface area contributed by atoms with Crippen molar-refractivity contribution < 1.29 is 4.79 Å². The summed E-state index contributed by atoms with van der Waals surface area (Å²) in [4.78, 5) is 29.0. The molecule has 1 amide bonds. The van der Waals surface area contributed by atoms with E-state index in [4.69, 9.17) is 10.7 Å². The summed E-state index contributed by atoms with van der Waals surface area (Å²) < 4.78 is 2.62. The minimum absolute atomic E-state index is 0.0534. The third-order valence-electron chi connectivity index (χ3n) is 4.55. The minimum Gasteiger partial charge on any atom is -0.370 e. The maximum Gasteiger partial charge on any atom is 0.262 e. The largest absolute Gasteiger partial charge is 0.370 e. The second-order valence-electron chi connectivity index (χ2n) is 6.59. The van der Waals surface area contributed by atoms with Gasteiger partial charge in [-0.05, 0) is 43.5 Å². The van der Waals surface area contributed by atoms with Gasteiger partial charge in [-0.2, -0.15) is 0 Å². The number of aromatic nitrogens is 2. The van der Waals surface area contributed by atoms with Crippen molar-refractivity contribution in [1.82, 2.24) is 9.55 Å². The lowest BCUT2D eigenvalue weighted by Crippen LogP contribution is -2.27. The third-order valence-corrected chi connectivity index (χ3v) is 6.08. The Morgan fingerprint density at radius 1 is 1.21 bits per heavy atom. The van der Waals surface area contributed by atoms with E-state index in [1.54, 1.807) is 16.3 Å². The Morgan fingerprint density at radius 3 is 2.68 bits per heavy atom. The Labute approximate surface area is 176 Å². The Kier molecular flexibility index (Phi) is 6.91. The molecule has 28 heavy (non-hydrogen) atoms. The number of carbonyl (C=O) groups is 1. The summed E-state index contributed by atoms with van der Waals surface area (Å²) in [6, 6.07) is 15.4. The van der Waals surface area contributed by atoms with Gasteiger partial charge >= 0.3 is 0 Å². The van der Waals surface area contributed by atoms with E-state index in [0.717, 1.165) is 28.6 Å². The predicted molar refractivity (Wildman–Crippen MR) is 118 cm³/mol. The SMILES string of the molecule is CC(c1ccccc1)n1c(SCCCCC(N)=O)nc2ccc(Br)cc2c1=O. The van der Waals surface area contributed by atoms with Crippen molar-refractivity contribution in [2.75, 3.05) is 5.75 Å². The molecule has 0 aliphatic carbocycles. The van der Waals surface area contributed by atoms with Crippen molar-refractivity contribution in [3.63, 3.8) is 0 Å². The quantitative estimate of drug-likeness (QED) is 0.305. The standard InChI is InChI=1S/C21H22BrN3O2S/c1-14(15-7-3-2-4-8-15)25-20(27)17-13-16(22)10-11-18(17)24-21(25)28-12-6-5-9-19(23)26/h2-4,7-8,10-11,13-14H,5-6,9,12H2,1H3,(H2,23,26). The zero-order valence-corrected chi connectivity index (χ0v) is 18.0. The summed E-state index contributed by atoms with van der Waals surface area (Å²) in [6.07, 6.45) is 1.95. The monoisotopic (exact) mass is 459 g/mol. The summed E-state index contributed by atoms with van der Waals surface area (Å²) >= 11 is 4.99. The molecular formula is C21H22BrN3O2S. The zero-order valence-electron chi connectivity index (χ0n) is 15.6. The molecule has 5 nitrogen and oxygen atoms in total. The van der Waals surface area contributed by atoms with Gasteiger partial charge in [-0.3, -0.25) is 14.2 Å². The van der Waals surface area contributed by atoms with Crippen LogP contribution in [0.5, 0.6) is 0 Å². The van der Waals surface area contributed by atoms with Gasteiger partial charge in [0.15, 0.2) is 5.16 Å². The van der Waals surface area contributed by atoms with Gasteiger partial charge in [0.2, 0.25) is 5.91 Å². The molecule has 0 bridgehead atoms. The van der Waals surface area contributed by atoms with E-state index in [1.807, 2.05) is 55.5 Å². The molecule has 2 N–H and O–H groups in total. The number of amides is 1. The van der Waals surface area contributed by atoms with Crippen molar-refractivity contribution in [2.24, 2.45) is 5.73 Å². The Bertz CT molecular complexity index is 1040. The molecule has 7 heteroatoms. The number of rotatable bonds is 8. The smallest absolute Gasteiger partial charge is 0.262 e. The lowest BCUT2D eigenvalue weighted by atomic mass is 10.1. The fourth-order valence-electron chi connectivity index (χ4n) is 3.04. The molecule has 3 aromatic rings. The second kappa shape index (κ2) is 9.39. The summed E-state index contributed by atoms with van der Waals surface area (Å²) in [5.74, 6) is 0.484. The van der Waals surface area contributed by atoms with Gasteiger partial charge in [0.25, 0.3) is 5.56 Å². The van der Waals surface area contributed by atoms with Crippen LogP contribution in [0.1, 0.15) is 37.8 Å². The van der Waals surface area contributed by atoms with Gasteiger partial charge in [0, 0.05) is 16.6 Å². The maximum atomic E-state index is 13.3. The number of fused-ring (bicyclic) bond motifs is 1. The molecule has 0 aliphatic rings. The number of nitrogens with zero attached hydrogens (tertiary/aromatic N) is 2. The van der Waals surface area contributed by atoms with Crippen molar-refractivity contribution >= 4 is 44.5 Å². The summed E-state index contributed by atoms with van der Waals surface area (Å²) in [6.45, 7) is 2.01. The number of nitrogens with two attached hydrogens (primary N) is 1. The number of primary amides is 1. The highest BCUT2D eigenvalue weighted by atomic mass is 79.9. The first kappa shape index (κ1) is 20.6. The highest BCUT2D eigenvalue weighted by Gasteiger charge is 2.18. The molecule has 1 unspecified atom stereocenters. The Morgan fingerprint density at radius 2 is 1.96 bits per heavy atom. The van der Waals surface area contributed by atoms with Crippen LogP contribution in [0, 0.1) is 0 Å². The molecule has 2 aromatic carbocycles.